The highest BCUT2D eigenvalue weighted by atomic mass is 14.9. The first kappa shape index (κ1) is 30.4. The van der Waals surface area contributed by atoms with Crippen molar-refractivity contribution < 1.29 is 0 Å². The summed E-state index contributed by atoms with van der Waals surface area (Å²) in [6.07, 6.45) is 0. The van der Waals surface area contributed by atoms with E-state index in [9.17, 15) is 0 Å². The summed E-state index contributed by atoms with van der Waals surface area (Å²) in [5, 5.41) is 10.8. The van der Waals surface area contributed by atoms with Gasteiger partial charge in [0.05, 0.1) is 22.6 Å². The van der Waals surface area contributed by atoms with Crippen molar-refractivity contribution in [1.29, 1.82) is 0 Å². The molecule has 0 bridgehead atoms. The van der Waals surface area contributed by atoms with Crippen LogP contribution in [0.25, 0.3) is 110 Å². The molecule has 9 aromatic carbocycles. The number of benzene rings is 9. The molecule has 250 valence electrons. The number of hydrogen-bond acceptors (Lipinski definition) is 3. The van der Waals surface area contributed by atoms with E-state index >= 15 is 0 Å². The number of pyridine rings is 1. The molecule has 54 heavy (non-hydrogen) atoms. The Morgan fingerprint density at radius 1 is 0.296 bits per heavy atom. The van der Waals surface area contributed by atoms with Crippen LogP contribution in [-0.4, -0.2) is 15.0 Å². The van der Waals surface area contributed by atoms with Gasteiger partial charge in [0.25, 0.3) is 0 Å². The fourth-order valence-corrected chi connectivity index (χ4v) is 8.36. The van der Waals surface area contributed by atoms with Crippen LogP contribution in [0.15, 0.2) is 188 Å². The van der Waals surface area contributed by atoms with E-state index in [1.807, 2.05) is 24.3 Å². The van der Waals surface area contributed by atoms with Crippen LogP contribution in [0.4, 0.5) is 0 Å². The van der Waals surface area contributed by atoms with Gasteiger partial charge in [-0.2, -0.15) is 0 Å². The van der Waals surface area contributed by atoms with Crippen LogP contribution in [0.1, 0.15) is 0 Å². The van der Waals surface area contributed by atoms with E-state index in [1.165, 1.54) is 48.8 Å². The van der Waals surface area contributed by atoms with Crippen LogP contribution in [0.5, 0.6) is 0 Å². The Morgan fingerprint density at radius 2 is 0.852 bits per heavy atom. The third-order valence-electron chi connectivity index (χ3n) is 10.8. The van der Waals surface area contributed by atoms with E-state index in [0.29, 0.717) is 5.82 Å². The molecule has 0 aliphatic rings. The van der Waals surface area contributed by atoms with Gasteiger partial charge in [0.2, 0.25) is 0 Å². The van der Waals surface area contributed by atoms with E-state index < -0.39 is 0 Å². The predicted molar refractivity (Wildman–Crippen MR) is 226 cm³/mol. The lowest BCUT2D eigenvalue weighted by Crippen LogP contribution is -1.97. The first-order valence-electron chi connectivity index (χ1n) is 18.4. The first-order chi connectivity index (χ1) is 26.8. The molecule has 0 aliphatic carbocycles. The van der Waals surface area contributed by atoms with E-state index in [2.05, 4.69) is 164 Å². The molecule has 0 saturated heterocycles. The maximum Gasteiger partial charge on any atom is 0.160 e. The zero-order valence-corrected chi connectivity index (χ0v) is 29.2. The zero-order valence-electron chi connectivity index (χ0n) is 29.2. The van der Waals surface area contributed by atoms with Gasteiger partial charge in [0, 0.05) is 38.4 Å². The summed E-state index contributed by atoms with van der Waals surface area (Å²) < 4.78 is 0. The fourth-order valence-electron chi connectivity index (χ4n) is 8.36. The Labute approximate surface area is 312 Å². The normalized spacial score (nSPS) is 11.7. The van der Waals surface area contributed by atoms with Crippen molar-refractivity contribution in [2.45, 2.75) is 0 Å². The summed E-state index contributed by atoms with van der Waals surface area (Å²) in [4.78, 5) is 15.7. The van der Waals surface area contributed by atoms with Crippen LogP contribution in [0, 0.1) is 0 Å². The van der Waals surface area contributed by atoms with Crippen LogP contribution in [-0.2, 0) is 0 Å². The molecule has 0 amide bonds. The number of nitrogens with zero attached hydrogens (tertiary/aromatic N) is 3. The Morgan fingerprint density at radius 3 is 1.57 bits per heavy atom. The largest absolute Gasteiger partial charge is 0.247 e. The molecule has 0 aliphatic heterocycles. The molecule has 0 fully saturated rings. The summed E-state index contributed by atoms with van der Waals surface area (Å²) in [5.41, 5.74) is 10.5. The minimum absolute atomic E-state index is 0.712. The van der Waals surface area contributed by atoms with E-state index in [1.54, 1.807) is 0 Å². The molecule has 11 rings (SSSR count). The van der Waals surface area contributed by atoms with Crippen molar-refractivity contribution in [3.05, 3.63) is 188 Å². The first-order valence-corrected chi connectivity index (χ1v) is 18.4. The highest BCUT2D eigenvalue weighted by Crippen LogP contribution is 2.45. The second-order valence-corrected chi connectivity index (χ2v) is 13.9. The van der Waals surface area contributed by atoms with Gasteiger partial charge < -0.3 is 0 Å². The van der Waals surface area contributed by atoms with Gasteiger partial charge in [-0.05, 0) is 55.6 Å². The molecule has 2 heterocycles. The molecule has 0 atom stereocenters. The lowest BCUT2D eigenvalue weighted by molar-refractivity contribution is 1.18. The number of para-hydroxylation sites is 1. The average molecular weight is 686 g/mol. The van der Waals surface area contributed by atoms with Crippen molar-refractivity contribution in [2.24, 2.45) is 0 Å². The van der Waals surface area contributed by atoms with Crippen LogP contribution < -0.4 is 0 Å². The molecule has 0 saturated carbocycles. The SMILES string of the molecule is c1ccc(-c2cc(-c3ccc4ccc5c(-c6nc7ccccc7c7c(-c8ccccc8)cccc67)ccc6ccc3c4c65)nc(-c3ccccc3)n2)cc1. The number of hydrogen-bond donors (Lipinski definition) is 0. The smallest absolute Gasteiger partial charge is 0.160 e. The molecule has 0 unspecified atom stereocenters. The minimum atomic E-state index is 0.712. The molecule has 0 radical (unpaired) electrons. The van der Waals surface area contributed by atoms with Crippen molar-refractivity contribution in [3.63, 3.8) is 0 Å². The molecule has 0 spiro atoms. The standard InChI is InChI=1S/C51H31N3/c1-4-13-32(14-5-1)37-20-12-21-43-49(37)42-19-10-11-22-44(42)52-50(43)41-30-26-35-24-28-39-38(27-23-34-25-29-40(41)48(35)47(34)39)46-31-45(33-15-6-2-7-16-33)53-51(54-46)36-17-8-3-9-18-36/h1-31H. The van der Waals surface area contributed by atoms with Crippen molar-refractivity contribution >= 4 is 54.0 Å². The lowest BCUT2D eigenvalue weighted by Gasteiger charge is -2.18. The Kier molecular flexibility index (Phi) is 6.86. The van der Waals surface area contributed by atoms with Crippen molar-refractivity contribution in [3.8, 4) is 56.3 Å². The summed E-state index contributed by atoms with van der Waals surface area (Å²) in [6.45, 7) is 0. The topological polar surface area (TPSA) is 38.7 Å². The van der Waals surface area contributed by atoms with E-state index in [0.717, 1.165) is 55.6 Å². The van der Waals surface area contributed by atoms with Crippen molar-refractivity contribution in [2.75, 3.05) is 0 Å². The monoisotopic (exact) mass is 685 g/mol. The average Bonchev–Trinajstić information content (AvgIpc) is 3.25. The third-order valence-corrected chi connectivity index (χ3v) is 10.8. The molecular weight excluding hydrogens is 655 g/mol. The fraction of sp³-hybridized carbons (Fsp3) is 0. The van der Waals surface area contributed by atoms with Gasteiger partial charge in [0.15, 0.2) is 5.82 Å². The van der Waals surface area contributed by atoms with E-state index in [-0.39, 0.29) is 0 Å². The van der Waals surface area contributed by atoms with Gasteiger partial charge in [0.1, 0.15) is 0 Å². The van der Waals surface area contributed by atoms with Gasteiger partial charge in [-0.15, -0.1) is 0 Å². The van der Waals surface area contributed by atoms with Crippen LogP contribution in [0.3, 0.4) is 0 Å². The molecule has 2 aromatic heterocycles. The Hall–Kier alpha value is -7.23. The third kappa shape index (κ3) is 4.79. The summed E-state index contributed by atoms with van der Waals surface area (Å²) >= 11 is 0. The Balaban J connectivity index is 1.18. The lowest BCUT2D eigenvalue weighted by atomic mass is 9.87. The highest BCUT2D eigenvalue weighted by molar-refractivity contribution is 6.28. The number of rotatable bonds is 5. The highest BCUT2D eigenvalue weighted by Gasteiger charge is 2.20. The minimum Gasteiger partial charge on any atom is -0.247 e. The molecule has 11 aromatic rings. The zero-order chi connectivity index (χ0) is 35.6. The molecule has 3 heteroatoms. The molecule has 0 N–H and O–H groups in total. The summed E-state index contributed by atoms with van der Waals surface area (Å²) in [6, 6.07) is 66.7. The van der Waals surface area contributed by atoms with Crippen molar-refractivity contribution in [1.82, 2.24) is 15.0 Å². The van der Waals surface area contributed by atoms with Gasteiger partial charge in [-0.1, -0.05) is 176 Å². The maximum absolute atomic E-state index is 5.42. The second-order valence-electron chi connectivity index (χ2n) is 13.9. The number of aromatic nitrogens is 3. The predicted octanol–water partition coefficient (Wildman–Crippen LogP) is 13.4. The van der Waals surface area contributed by atoms with Gasteiger partial charge in [-0.3, -0.25) is 0 Å². The van der Waals surface area contributed by atoms with Crippen LogP contribution in [0.2, 0.25) is 0 Å². The maximum atomic E-state index is 5.42. The molecule has 3 nitrogen and oxygen atoms in total. The molecular formula is C51H31N3. The Bertz CT molecular complexity index is 3130. The summed E-state index contributed by atoms with van der Waals surface area (Å²) in [5.74, 6) is 0.712. The summed E-state index contributed by atoms with van der Waals surface area (Å²) in [7, 11) is 0. The second kappa shape index (κ2) is 12.2. The van der Waals surface area contributed by atoms with E-state index in [4.69, 9.17) is 15.0 Å². The number of fused-ring (bicyclic) bond motifs is 3. The quantitative estimate of drug-likeness (QED) is 0.169. The van der Waals surface area contributed by atoms with Gasteiger partial charge in [-0.25, -0.2) is 15.0 Å². The van der Waals surface area contributed by atoms with Gasteiger partial charge >= 0.3 is 0 Å². The van der Waals surface area contributed by atoms with Crippen LogP contribution >= 0.6 is 0 Å².